The molecule has 6 nitrogen and oxygen atoms in total. The van der Waals surface area contributed by atoms with Crippen molar-refractivity contribution in [2.75, 3.05) is 17.1 Å². The summed E-state index contributed by atoms with van der Waals surface area (Å²) >= 11 is 0. The summed E-state index contributed by atoms with van der Waals surface area (Å²) in [6, 6.07) is 9.56. The van der Waals surface area contributed by atoms with Crippen molar-refractivity contribution in [3.8, 4) is 5.75 Å². The minimum atomic E-state index is -3.67. The van der Waals surface area contributed by atoms with Gasteiger partial charge in [-0.1, -0.05) is 0 Å². The van der Waals surface area contributed by atoms with Gasteiger partial charge in [0.1, 0.15) is 11.6 Å². The van der Waals surface area contributed by atoms with Crippen LogP contribution in [0.5, 0.6) is 5.75 Å². The molecule has 2 rings (SSSR count). The van der Waals surface area contributed by atoms with E-state index in [9.17, 15) is 8.42 Å². The van der Waals surface area contributed by atoms with E-state index in [4.69, 9.17) is 4.74 Å². The van der Waals surface area contributed by atoms with Gasteiger partial charge in [-0.2, -0.15) is 0 Å². The first kappa shape index (κ1) is 17.1. The summed E-state index contributed by atoms with van der Waals surface area (Å²) in [5, 5.41) is 3.26. The molecular weight excluding hydrogens is 314 g/mol. The summed E-state index contributed by atoms with van der Waals surface area (Å²) in [5.41, 5.74) is 0.733. The van der Waals surface area contributed by atoms with E-state index in [1.165, 1.54) is 19.2 Å². The first-order chi connectivity index (χ1) is 10.7. The topological polar surface area (TPSA) is 80.3 Å². The second-order valence-corrected chi connectivity index (χ2v) is 7.77. The molecule has 2 aromatic rings. The maximum Gasteiger partial charge on any atom is 0.263 e. The number of hydrogen-bond acceptors (Lipinski definition) is 5. The van der Waals surface area contributed by atoms with Gasteiger partial charge in [0.25, 0.3) is 10.0 Å². The molecule has 7 heteroatoms. The summed E-state index contributed by atoms with van der Waals surface area (Å²) in [6.45, 7) is 6.11. The third kappa shape index (κ3) is 4.85. The van der Waals surface area contributed by atoms with Gasteiger partial charge in [0, 0.05) is 5.54 Å². The zero-order chi connectivity index (χ0) is 17.1. The second-order valence-electron chi connectivity index (χ2n) is 6.09. The molecule has 124 valence electrons. The summed E-state index contributed by atoms with van der Waals surface area (Å²) in [4.78, 5) is 4.28. The van der Waals surface area contributed by atoms with Crippen LogP contribution in [0.3, 0.4) is 0 Å². The lowest BCUT2D eigenvalue weighted by atomic mass is 10.1. The van der Waals surface area contributed by atoms with Crippen LogP contribution in [0.2, 0.25) is 0 Å². The van der Waals surface area contributed by atoms with Gasteiger partial charge in [0.05, 0.1) is 23.9 Å². The number of nitrogens with zero attached hydrogens (tertiary/aromatic N) is 1. The number of benzene rings is 1. The Morgan fingerprint density at radius 1 is 1.04 bits per heavy atom. The molecule has 1 aromatic heterocycles. The molecule has 0 saturated heterocycles. The minimum Gasteiger partial charge on any atom is -0.497 e. The van der Waals surface area contributed by atoms with Crippen LogP contribution in [0.25, 0.3) is 0 Å². The van der Waals surface area contributed by atoms with Crippen LogP contribution in [0.15, 0.2) is 47.5 Å². The zero-order valence-corrected chi connectivity index (χ0v) is 14.4. The highest BCUT2D eigenvalue weighted by Gasteiger charge is 2.15. The fraction of sp³-hybridized carbons (Fsp3) is 0.312. The number of nitrogens with one attached hydrogen (secondary N) is 2. The quantitative estimate of drug-likeness (QED) is 0.877. The van der Waals surface area contributed by atoms with Gasteiger partial charge in [-0.05, 0) is 57.2 Å². The van der Waals surface area contributed by atoms with E-state index in [1.807, 2.05) is 20.8 Å². The van der Waals surface area contributed by atoms with Crippen molar-refractivity contribution < 1.29 is 13.2 Å². The van der Waals surface area contributed by atoms with Crippen molar-refractivity contribution >= 4 is 21.5 Å². The molecule has 0 unspecified atom stereocenters. The molecule has 0 atom stereocenters. The van der Waals surface area contributed by atoms with Crippen molar-refractivity contribution in [1.82, 2.24) is 4.98 Å². The summed E-state index contributed by atoms with van der Waals surface area (Å²) < 4.78 is 32.1. The number of anilines is 2. The highest BCUT2D eigenvalue weighted by atomic mass is 32.2. The monoisotopic (exact) mass is 335 g/mol. The molecule has 0 amide bonds. The highest BCUT2D eigenvalue weighted by molar-refractivity contribution is 7.92. The van der Waals surface area contributed by atoms with E-state index in [0.717, 1.165) is 5.69 Å². The van der Waals surface area contributed by atoms with E-state index >= 15 is 0 Å². The van der Waals surface area contributed by atoms with E-state index in [0.29, 0.717) is 5.75 Å². The molecule has 0 bridgehead atoms. The van der Waals surface area contributed by atoms with Gasteiger partial charge < -0.3 is 10.1 Å². The Labute approximate surface area is 137 Å². The molecular formula is C16H21N3O3S. The van der Waals surface area contributed by atoms with E-state index in [-0.39, 0.29) is 16.3 Å². The van der Waals surface area contributed by atoms with Gasteiger partial charge in [0.2, 0.25) is 0 Å². The van der Waals surface area contributed by atoms with Gasteiger partial charge >= 0.3 is 0 Å². The number of sulfonamides is 1. The molecule has 0 saturated carbocycles. The summed E-state index contributed by atoms with van der Waals surface area (Å²) in [6.07, 6.45) is 1.59. The van der Waals surface area contributed by atoms with Crippen molar-refractivity contribution in [2.24, 2.45) is 0 Å². The predicted octanol–water partition coefficient (Wildman–Crippen LogP) is 3.10. The lowest BCUT2D eigenvalue weighted by Gasteiger charge is -2.21. The van der Waals surface area contributed by atoms with Crippen LogP contribution in [-0.2, 0) is 10.0 Å². The number of aromatic nitrogens is 1. The van der Waals surface area contributed by atoms with E-state index in [2.05, 4.69) is 15.0 Å². The minimum absolute atomic E-state index is 0.0915. The van der Waals surface area contributed by atoms with Crippen LogP contribution >= 0.6 is 0 Å². The standard InChI is InChI=1S/C16H21N3O3S/c1-16(2,3)18-12-5-10-15(17-11-12)19-23(20,21)14-8-6-13(22-4)7-9-14/h5-11,18H,1-4H3,(H,17,19). The van der Waals surface area contributed by atoms with Gasteiger partial charge in [-0.3, -0.25) is 4.72 Å². The van der Waals surface area contributed by atoms with Gasteiger partial charge in [0.15, 0.2) is 0 Å². The number of pyridine rings is 1. The smallest absolute Gasteiger partial charge is 0.263 e. The summed E-state index contributed by atoms with van der Waals surface area (Å²) in [5.74, 6) is 0.861. The first-order valence-corrected chi connectivity index (χ1v) is 8.59. The maximum atomic E-state index is 12.3. The fourth-order valence-corrected chi connectivity index (χ4v) is 2.92. The lowest BCUT2D eigenvalue weighted by Crippen LogP contribution is -2.26. The molecule has 23 heavy (non-hydrogen) atoms. The Balaban J connectivity index is 2.13. The normalized spacial score (nSPS) is 11.8. The third-order valence-electron chi connectivity index (χ3n) is 2.89. The molecule has 0 spiro atoms. The Hall–Kier alpha value is -2.28. The maximum absolute atomic E-state index is 12.3. The SMILES string of the molecule is COc1ccc(S(=O)(=O)Nc2ccc(NC(C)(C)C)cn2)cc1. The number of hydrogen-bond donors (Lipinski definition) is 2. The molecule has 1 heterocycles. The molecule has 0 aliphatic heterocycles. The third-order valence-corrected chi connectivity index (χ3v) is 4.26. The Morgan fingerprint density at radius 2 is 1.70 bits per heavy atom. The predicted molar refractivity (Wildman–Crippen MR) is 91.4 cm³/mol. The van der Waals surface area contributed by atoms with Crippen LogP contribution in [0.4, 0.5) is 11.5 Å². The lowest BCUT2D eigenvalue weighted by molar-refractivity contribution is 0.414. The highest BCUT2D eigenvalue weighted by Crippen LogP contribution is 2.20. The van der Waals surface area contributed by atoms with E-state index in [1.54, 1.807) is 30.5 Å². The Morgan fingerprint density at radius 3 is 2.17 bits per heavy atom. The molecule has 0 aliphatic carbocycles. The molecule has 0 fully saturated rings. The average molecular weight is 335 g/mol. The first-order valence-electron chi connectivity index (χ1n) is 7.11. The van der Waals surface area contributed by atoms with Crippen LogP contribution in [0, 0.1) is 0 Å². The van der Waals surface area contributed by atoms with E-state index < -0.39 is 10.0 Å². The molecule has 1 aromatic carbocycles. The van der Waals surface area contributed by atoms with Crippen LogP contribution in [0.1, 0.15) is 20.8 Å². The Bertz CT molecular complexity index is 749. The van der Waals surface area contributed by atoms with Crippen LogP contribution in [-0.4, -0.2) is 26.1 Å². The van der Waals surface area contributed by atoms with Gasteiger partial charge in [-0.15, -0.1) is 0 Å². The van der Waals surface area contributed by atoms with Crippen molar-refractivity contribution in [3.63, 3.8) is 0 Å². The number of rotatable bonds is 5. The van der Waals surface area contributed by atoms with Crippen LogP contribution < -0.4 is 14.8 Å². The Kier molecular flexibility index (Phi) is 4.79. The number of ether oxygens (including phenoxy) is 1. The van der Waals surface area contributed by atoms with Gasteiger partial charge in [-0.25, -0.2) is 13.4 Å². The fourth-order valence-electron chi connectivity index (χ4n) is 1.91. The largest absolute Gasteiger partial charge is 0.497 e. The average Bonchev–Trinajstić information content (AvgIpc) is 2.48. The zero-order valence-electron chi connectivity index (χ0n) is 13.6. The molecule has 0 radical (unpaired) electrons. The molecule has 2 N–H and O–H groups in total. The van der Waals surface area contributed by atoms with Crippen molar-refractivity contribution in [3.05, 3.63) is 42.6 Å². The van der Waals surface area contributed by atoms with Crippen molar-refractivity contribution in [1.29, 1.82) is 0 Å². The summed E-state index contributed by atoms with van der Waals surface area (Å²) in [7, 11) is -2.15. The second kappa shape index (κ2) is 6.45. The van der Waals surface area contributed by atoms with Crippen molar-refractivity contribution in [2.45, 2.75) is 31.2 Å². The number of methoxy groups -OCH3 is 1. The molecule has 0 aliphatic rings.